The van der Waals surface area contributed by atoms with Gasteiger partial charge < -0.3 is 5.11 Å². The Morgan fingerprint density at radius 3 is 2.74 bits per heavy atom. The molecule has 0 saturated carbocycles. The lowest BCUT2D eigenvalue weighted by Gasteiger charge is -2.20. The van der Waals surface area contributed by atoms with Crippen LogP contribution in [0.15, 0.2) is 30.3 Å². The molecule has 0 heterocycles. The van der Waals surface area contributed by atoms with Crippen LogP contribution in [0.4, 0.5) is 5.69 Å². The van der Waals surface area contributed by atoms with Gasteiger partial charge in [0.25, 0.3) is 0 Å². The van der Waals surface area contributed by atoms with Crippen LogP contribution < -0.4 is 4.90 Å². The molecular weight excluding hydrogens is 260 g/mol. The summed E-state index contributed by atoms with van der Waals surface area (Å²) in [6.07, 6.45) is 0.668. The molecule has 4 nitrogen and oxygen atoms in total. The molecule has 0 aliphatic heterocycles. The molecule has 1 N–H and O–H groups in total. The Morgan fingerprint density at radius 2 is 2.16 bits per heavy atom. The monoisotopic (exact) mass is 278 g/mol. The van der Waals surface area contributed by atoms with Crippen molar-refractivity contribution in [2.75, 3.05) is 23.8 Å². The van der Waals surface area contributed by atoms with E-state index in [0.29, 0.717) is 12.2 Å². The smallest absolute Gasteiger partial charge is 0.237 e. The van der Waals surface area contributed by atoms with E-state index in [9.17, 15) is 4.79 Å². The van der Waals surface area contributed by atoms with Crippen molar-refractivity contribution in [3.8, 4) is 6.07 Å². The molecule has 0 aliphatic carbocycles. The summed E-state index contributed by atoms with van der Waals surface area (Å²) in [5.74, 6) is 0.236. The minimum Gasteiger partial charge on any atom is -0.396 e. The highest BCUT2D eigenvalue weighted by Crippen LogP contribution is 2.18. The van der Waals surface area contributed by atoms with Gasteiger partial charge in [-0.3, -0.25) is 9.69 Å². The second-order valence-electron chi connectivity index (χ2n) is 4.11. The second-order valence-corrected chi connectivity index (χ2v) is 5.53. The molecule has 0 fully saturated rings. The van der Waals surface area contributed by atoms with Crippen LogP contribution in [-0.2, 0) is 4.79 Å². The number of carbonyl (C=O) groups is 1. The third-order valence-electron chi connectivity index (χ3n) is 2.62. The summed E-state index contributed by atoms with van der Waals surface area (Å²) < 4.78 is 0. The van der Waals surface area contributed by atoms with Gasteiger partial charge in [0.15, 0.2) is 0 Å². The number of benzene rings is 1. The third-order valence-corrected chi connectivity index (χ3v) is 3.84. The van der Waals surface area contributed by atoms with E-state index < -0.39 is 0 Å². The van der Waals surface area contributed by atoms with Gasteiger partial charge in [0, 0.05) is 17.5 Å². The standard InChI is InChI=1S/C14H18N2O2S/c1-12(7-10-17)19-11-14(18)16(9-8-15)13-5-3-2-4-6-13/h2-6,12,17H,7,9-11H2,1H3. The number of nitriles is 1. The zero-order valence-electron chi connectivity index (χ0n) is 11.0. The van der Waals surface area contributed by atoms with E-state index in [1.807, 2.05) is 43.3 Å². The van der Waals surface area contributed by atoms with Gasteiger partial charge in [0.1, 0.15) is 6.54 Å². The maximum atomic E-state index is 12.1. The largest absolute Gasteiger partial charge is 0.396 e. The molecule has 5 heteroatoms. The molecule has 0 saturated heterocycles. The normalized spacial score (nSPS) is 11.6. The van der Waals surface area contributed by atoms with Gasteiger partial charge in [-0.25, -0.2) is 0 Å². The van der Waals surface area contributed by atoms with Crippen molar-refractivity contribution in [3.63, 3.8) is 0 Å². The van der Waals surface area contributed by atoms with Crippen molar-refractivity contribution in [1.82, 2.24) is 0 Å². The number of rotatable bonds is 7. The van der Waals surface area contributed by atoms with E-state index in [2.05, 4.69) is 0 Å². The number of hydrogen-bond acceptors (Lipinski definition) is 4. The Hall–Kier alpha value is -1.51. The molecule has 0 aromatic heterocycles. The summed E-state index contributed by atoms with van der Waals surface area (Å²) in [5.41, 5.74) is 0.740. The topological polar surface area (TPSA) is 64.3 Å². The number of aliphatic hydroxyl groups excluding tert-OH is 1. The molecule has 1 aromatic carbocycles. The van der Waals surface area contributed by atoms with E-state index in [4.69, 9.17) is 10.4 Å². The van der Waals surface area contributed by atoms with E-state index >= 15 is 0 Å². The first-order valence-corrected chi connectivity index (χ1v) is 7.18. The van der Waals surface area contributed by atoms with Crippen molar-refractivity contribution in [2.45, 2.75) is 18.6 Å². The molecule has 102 valence electrons. The van der Waals surface area contributed by atoms with Crippen LogP contribution in [0.3, 0.4) is 0 Å². The maximum Gasteiger partial charge on any atom is 0.237 e. The van der Waals surface area contributed by atoms with E-state index in [0.717, 1.165) is 5.69 Å². The molecule has 1 rings (SSSR count). The molecular formula is C14H18N2O2S. The molecule has 1 unspecified atom stereocenters. The number of thioether (sulfide) groups is 1. The van der Waals surface area contributed by atoms with Gasteiger partial charge >= 0.3 is 0 Å². The fourth-order valence-electron chi connectivity index (χ4n) is 1.56. The molecule has 0 aliphatic rings. The fraction of sp³-hybridized carbons (Fsp3) is 0.429. The van der Waals surface area contributed by atoms with Gasteiger partial charge in [-0.15, -0.1) is 11.8 Å². The Labute approximate surface area is 118 Å². The van der Waals surface area contributed by atoms with Crippen LogP contribution in [0.2, 0.25) is 0 Å². The van der Waals surface area contributed by atoms with Crippen LogP contribution in [-0.4, -0.2) is 35.2 Å². The molecule has 0 spiro atoms. The van der Waals surface area contributed by atoms with E-state index in [1.54, 1.807) is 0 Å². The van der Waals surface area contributed by atoms with Crippen LogP contribution in [0.1, 0.15) is 13.3 Å². The van der Waals surface area contributed by atoms with Crippen LogP contribution in [0, 0.1) is 11.3 Å². The average molecular weight is 278 g/mol. The van der Waals surface area contributed by atoms with Crippen LogP contribution in [0.5, 0.6) is 0 Å². The minimum absolute atomic E-state index is 0.0534. The SMILES string of the molecule is CC(CCO)SCC(=O)N(CC#N)c1ccccc1. The Bertz CT molecular complexity index is 431. The lowest BCUT2D eigenvalue weighted by molar-refractivity contribution is -0.116. The number of carbonyl (C=O) groups excluding carboxylic acids is 1. The number of anilines is 1. The Balaban J connectivity index is 2.62. The maximum absolute atomic E-state index is 12.1. The molecule has 0 radical (unpaired) electrons. The first kappa shape index (κ1) is 15.5. The summed E-state index contributed by atoms with van der Waals surface area (Å²) in [5, 5.41) is 17.9. The third kappa shape index (κ3) is 5.33. The van der Waals surface area contributed by atoms with Gasteiger partial charge in [-0.05, 0) is 18.6 Å². The summed E-state index contributed by atoms with van der Waals surface area (Å²) in [4.78, 5) is 13.6. The predicted molar refractivity (Wildman–Crippen MR) is 78.0 cm³/mol. The van der Waals surface area contributed by atoms with E-state index in [1.165, 1.54) is 16.7 Å². The fourth-order valence-corrected chi connectivity index (χ4v) is 2.41. The van der Waals surface area contributed by atoms with Crippen molar-refractivity contribution < 1.29 is 9.90 Å². The quantitative estimate of drug-likeness (QED) is 0.775. The van der Waals surface area contributed by atoms with Crippen LogP contribution >= 0.6 is 11.8 Å². The number of hydrogen-bond donors (Lipinski definition) is 1. The first-order chi connectivity index (χ1) is 9.19. The highest BCUT2D eigenvalue weighted by molar-refractivity contribution is 8.00. The van der Waals surface area contributed by atoms with Gasteiger partial charge in [0.05, 0.1) is 11.8 Å². The number of amides is 1. The van der Waals surface area contributed by atoms with Crippen molar-refractivity contribution in [1.29, 1.82) is 5.26 Å². The van der Waals surface area contributed by atoms with Gasteiger partial charge in [-0.2, -0.15) is 5.26 Å². The Kier molecular flexibility index (Phi) is 7.01. The lowest BCUT2D eigenvalue weighted by Crippen LogP contribution is -2.33. The van der Waals surface area contributed by atoms with Crippen molar-refractivity contribution in [3.05, 3.63) is 30.3 Å². The Morgan fingerprint density at radius 1 is 1.47 bits per heavy atom. The van der Waals surface area contributed by atoms with Crippen molar-refractivity contribution >= 4 is 23.4 Å². The number of para-hydroxylation sites is 1. The summed E-state index contributed by atoms with van der Waals surface area (Å²) in [6.45, 7) is 2.16. The number of nitrogens with zero attached hydrogens (tertiary/aromatic N) is 2. The van der Waals surface area contributed by atoms with Crippen LogP contribution in [0.25, 0.3) is 0 Å². The minimum atomic E-state index is -0.0810. The summed E-state index contributed by atoms with van der Waals surface area (Å²) in [6, 6.07) is 11.2. The summed E-state index contributed by atoms with van der Waals surface area (Å²) >= 11 is 1.50. The van der Waals surface area contributed by atoms with Crippen molar-refractivity contribution in [2.24, 2.45) is 0 Å². The molecule has 1 atom stereocenters. The second kappa shape index (κ2) is 8.57. The molecule has 1 aromatic rings. The molecule has 0 bridgehead atoms. The lowest BCUT2D eigenvalue weighted by atomic mass is 10.3. The summed E-state index contributed by atoms with van der Waals surface area (Å²) in [7, 11) is 0. The average Bonchev–Trinajstić information content (AvgIpc) is 2.43. The molecule has 1 amide bonds. The first-order valence-electron chi connectivity index (χ1n) is 6.14. The van der Waals surface area contributed by atoms with Gasteiger partial charge in [-0.1, -0.05) is 25.1 Å². The number of aliphatic hydroxyl groups is 1. The molecule has 19 heavy (non-hydrogen) atoms. The van der Waals surface area contributed by atoms with Gasteiger partial charge in [0.2, 0.25) is 5.91 Å². The zero-order valence-corrected chi connectivity index (χ0v) is 11.8. The highest BCUT2D eigenvalue weighted by atomic mass is 32.2. The zero-order chi connectivity index (χ0) is 14.1. The highest BCUT2D eigenvalue weighted by Gasteiger charge is 2.16. The predicted octanol–water partition coefficient (Wildman–Crippen LogP) is 2.05. The van der Waals surface area contributed by atoms with E-state index in [-0.39, 0.29) is 24.3 Å².